The minimum atomic E-state index is -4.16. The van der Waals surface area contributed by atoms with Gasteiger partial charge < -0.3 is 17.0 Å². The number of hydrogen-bond donors (Lipinski definition) is 0. The van der Waals surface area contributed by atoms with E-state index in [-0.39, 0.29) is 17.0 Å². The van der Waals surface area contributed by atoms with Crippen LogP contribution in [0.5, 0.6) is 0 Å². The van der Waals surface area contributed by atoms with Gasteiger partial charge in [0, 0.05) is 24.4 Å². The molecule has 0 aliphatic heterocycles. The van der Waals surface area contributed by atoms with Gasteiger partial charge in [-0.05, 0) is 18.1 Å². The molecule has 0 saturated heterocycles. The van der Waals surface area contributed by atoms with Crippen LogP contribution in [0, 0.1) is 6.92 Å². The molecular formula is C13H14BrF3S. The monoisotopic (exact) mass is 338 g/mol. The summed E-state index contributed by atoms with van der Waals surface area (Å²) in [5.41, 5.74) is -3.16. The van der Waals surface area contributed by atoms with Crippen LogP contribution in [0.1, 0.15) is 23.8 Å². The van der Waals surface area contributed by atoms with Gasteiger partial charge in [0.2, 0.25) is 0 Å². The normalized spacial score (nSPS) is 12.6. The molecule has 100 valence electrons. The van der Waals surface area contributed by atoms with E-state index in [9.17, 15) is 13.2 Å². The predicted molar refractivity (Wildman–Crippen MR) is 66.5 cm³/mol. The van der Waals surface area contributed by atoms with Gasteiger partial charge in [0.25, 0.3) is 0 Å². The molecule has 0 aliphatic rings. The van der Waals surface area contributed by atoms with Crippen LogP contribution in [0.2, 0.25) is 0 Å². The van der Waals surface area contributed by atoms with E-state index in [0.29, 0.717) is 9.58 Å². The third kappa shape index (κ3) is 2.88. The van der Waals surface area contributed by atoms with Crippen molar-refractivity contribution in [2.45, 2.75) is 32.2 Å². The molecule has 0 amide bonds. The lowest BCUT2D eigenvalue weighted by atomic mass is 10.1. The summed E-state index contributed by atoms with van der Waals surface area (Å²) in [5, 5.41) is 0.725. The highest BCUT2D eigenvalue weighted by Crippen LogP contribution is 2.50. The average molecular weight is 339 g/mol. The maximum atomic E-state index is 13.0. The summed E-state index contributed by atoms with van der Waals surface area (Å²) in [6.07, 6.45) is 1.78. The fourth-order valence-corrected chi connectivity index (χ4v) is 3.92. The number of rotatable bonds is 2. The molecule has 0 bridgehead atoms. The zero-order valence-electron chi connectivity index (χ0n) is 10.1. The number of thiophene rings is 1. The van der Waals surface area contributed by atoms with Crippen molar-refractivity contribution in [1.82, 2.24) is 0 Å². The van der Waals surface area contributed by atoms with E-state index >= 15 is 0 Å². The smallest absolute Gasteiger partial charge is 0.600 e. The van der Waals surface area contributed by atoms with Crippen molar-refractivity contribution in [3.05, 3.63) is 34.7 Å². The minimum Gasteiger partial charge on any atom is -1.00 e. The number of alkyl halides is 3. The Labute approximate surface area is 118 Å². The summed E-state index contributed by atoms with van der Waals surface area (Å²) in [4.78, 5) is 0.418. The Kier molecular flexibility index (Phi) is 4.84. The van der Waals surface area contributed by atoms with Gasteiger partial charge in [-0.25, -0.2) is 0 Å². The summed E-state index contributed by atoms with van der Waals surface area (Å²) >= 11 is 0. The number of aryl methyl sites for hydroxylation is 2. The second-order valence-electron chi connectivity index (χ2n) is 4.13. The van der Waals surface area contributed by atoms with E-state index in [4.69, 9.17) is 0 Å². The maximum Gasteiger partial charge on any atom is 0.600 e. The number of fused-ring (bicyclic) bond motifs is 1. The lowest BCUT2D eigenvalue weighted by Crippen LogP contribution is -3.00. The van der Waals surface area contributed by atoms with Crippen LogP contribution in [0.3, 0.4) is 0 Å². The van der Waals surface area contributed by atoms with Crippen molar-refractivity contribution < 1.29 is 30.2 Å². The van der Waals surface area contributed by atoms with E-state index < -0.39 is 16.0 Å². The zero-order valence-corrected chi connectivity index (χ0v) is 12.5. The number of benzene rings is 1. The molecule has 0 aliphatic carbocycles. The third-order valence-electron chi connectivity index (χ3n) is 2.75. The summed E-state index contributed by atoms with van der Waals surface area (Å²) in [7, 11) is -1.72. The summed E-state index contributed by atoms with van der Waals surface area (Å²) in [6, 6.07) is 7.11. The Morgan fingerprint density at radius 3 is 2.39 bits per heavy atom. The van der Waals surface area contributed by atoms with Crippen LogP contribution < -0.4 is 17.0 Å². The molecule has 2 aromatic rings. The molecule has 1 aromatic carbocycles. The molecule has 0 fully saturated rings. The van der Waals surface area contributed by atoms with Gasteiger partial charge in [-0.2, -0.15) is 0 Å². The van der Waals surface area contributed by atoms with E-state index in [1.54, 1.807) is 19.1 Å². The van der Waals surface area contributed by atoms with Crippen LogP contribution in [0.25, 0.3) is 10.1 Å². The molecule has 5 heteroatoms. The second kappa shape index (κ2) is 5.61. The predicted octanol–water partition coefficient (Wildman–Crippen LogP) is 2.33. The molecule has 1 aromatic heterocycles. The van der Waals surface area contributed by atoms with Crippen molar-refractivity contribution in [2.24, 2.45) is 0 Å². The number of hydrogen-bond acceptors (Lipinski definition) is 0. The molecule has 0 nitrogen and oxygen atoms in total. The first kappa shape index (κ1) is 15.5. The quantitative estimate of drug-likeness (QED) is 0.737. The van der Waals surface area contributed by atoms with Gasteiger partial charge in [-0.15, -0.1) is 13.2 Å². The van der Waals surface area contributed by atoms with Crippen molar-refractivity contribution >= 4 is 20.6 Å². The van der Waals surface area contributed by atoms with Gasteiger partial charge >= 0.3 is 5.51 Å². The van der Waals surface area contributed by atoms with Crippen molar-refractivity contribution in [3.63, 3.8) is 0 Å². The Hall–Kier alpha value is -0.550. The molecule has 1 heterocycles. The summed E-state index contributed by atoms with van der Waals surface area (Å²) in [5.74, 6) is 0. The van der Waals surface area contributed by atoms with Crippen LogP contribution in [0.15, 0.2) is 24.3 Å². The summed E-state index contributed by atoms with van der Waals surface area (Å²) in [6.45, 7) is 3.59. The molecular weight excluding hydrogens is 325 g/mol. The van der Waals surface area contributed by atoms with Gasteiger partial charge in [0.1, 0.15) is 0 Å². The molecule has 1 atom stereocenters. The SMILES string of the molecule is CCCc1ccc2cc(C)[s+](C(F)(F)F)c2c1.[Br-]. The van der Waals surface area contributed by atoms with Crippen LogP contribution in [-0.4, -0.2) is 0 Å². The first-order chi connectivity index (χ1) is 7.93. The largest absolute Gasteiger partial charge is 1.00 e. The molecule has 0 saturated carbocycles. The molecule has 18 heavy (non-hydrogen) atoms. The average Bonchev–Trinajstić information content (AvgIpc) is 2.53. The van der Waals surface area contributed by atoms with Crippen LogP contribution >= 0.6 is 10.5 Å². The lowest BCUT2D eigenvalue weighted by Gasteiger charge is -1.99. The first-order valence-corrected chi connectivity index (χ1v) is 6.78. The van der Waals surface area contributed by atoms with E-state index in [2.05, 4.69) is 0 Å². The highest BCUT2D eigenvalue weighted by Gasteiger charge is 2.46. The molecule has 1 unspecified atom stereocenters. The minimum absolute atomic E-state index is 0. The van der Waals surface area contributed by atoms with E-state index in [0.717, 1.165) is 23.8 Å². The van der Waals surface area contributed by atoms with E-state index in [1.807, 2.05) is 19.1 Å². The topological polar surface area (TPSA) is 0 Å². The van der Waals surface area contributed by atoms with Crippen molar-refractivity contribution in [1.29, 1.82) is 0 Å². The standard InChI is InChI=1S/C13H14F3S.BrH/c1-3-4-10-5-6-11-7-9(2)17(12(11)8-10)13(14,15)16;/h5-8H,3-4H2,1-2H3;1H/q+1;/p-1. The number of halogens is 4. The van der Waals surface area contributed by atoms with Gasteiger partial charge in [-0.1, -0.05) is 19.4 Å². The molecule has 0 radical (unpaired) electrons. The Balaban J connectivity index is 0.00000162. The highest BCUT2D eigenvalue weighted by molar-refractivity contribution is 7.38. The van der Waals surface area contributed by atoms with Crippen LogP contribution in [0.4, 0.5) is 13.2 Å². The lowest BCUT2D eigenvalue weighted by molar-refractivity contribution is -0.0867. The molecule has 0 N–H and O–H groups in total. The fourth-order valence-electron chi connectivity index (χ4n) is 2.08. The highest BCUT2D eigenvalue weighted by atomic mass is 79.9. The Bertz CT molecular complexity index is 543. The summed E-state index contributed by atoms with van der Waals surface area (Å²) < 4.78 is 39.4. The van der Waals surface area contributed by atoms with Gasteiger partial charge in [0.15, 0.2) is 9.58 Å². The van der Waals surface area contributed by atoms with Gasteiger partial charge in [-0.3, -0.25) is 0 Å². The molecule has 2 rings (SSSR count). The fraction of sp³-hybridized carbons (Fsp3) is 0.385. The van der Waals surface area contributed by atoms with Gasteiger partial charge in [0.05, 0.1) is 10.5 Å². The first-order valence-electron chi connectivity index (χ1n) is 5.56. The van der Waals surface area contributed by atoms with Crippen molar-refractivity contribution in [2.75, 3.05) is 0 Å². The molecule has 0 spiro atoms. The van der Waals surface area contributed by atoms with E-state index in [1.165, 1.54) is 0 Å². The van der Waals surface area contributed by atoms with Crippen LogP contribution in [-0.2, 0) is 11.9 Å². The second-order valence-corrected chi connectivity index (χ2v) is 6.29. The zero-order chi connectivity index (χ0) is 12.6. The maximum absolute atomic E-state index is 13.0. The third-order valence-corrected chi connectivity index (χ3v) is 4.77. The Morgan fingerprint density at radius 2 is 1.83 bits per heavy atom. The van der Waals surface area contributed by atoms with Crippen molar-refractivity contribution in [3.8, 4) is 0 Å². The Morgan fingerprint density at radius 1 is 1.17 bits per heavy atom.